The lowest BCUT2D eigenvalue weighted by atomic mass is 10.1. The van der Waals surface area contributed by atoms with E-state index in [0.717, 1.165) is 10.9 Å². The molecule has 0 aliphatic rings. The molecular weight excluding hydrogens is 344 g/mol. The molecule has 0 aliphatic carbocycles. The molecule has 0 N–H and O–H groups in total. The normalized spacial score (nSPS) is 12.4. The van der Waals surface area contributed by atoms with Crippen LogP contribution in [0.15, 0.2) is 56.8 Å². The highest BCUT2D eigenvalue weighted by Crippen LogP contribution is 2.27. The molecule has 0 amide bonds. The number of fused-ring (bicyclic) bond motifs is 1. The van der Waals surface area contributed by atoms with Crippen LogP contribution < -0.4 is 10.1 Å². The lowest BCUT2D eigenvalue weighted by Crippen LogP contribution is -2.31. The molecule has 0 atom stereocenters. The van der Waals surface area contributed by atoms with Crippen LogP contribution in [-0.4, -0.2) is 19.0 Å². The lowest BCUT2D eigenvalue weighted by Gasteiger charge is -2.21. The maximum atomic E-state index is 12.5. The van der Waals surface area contributed by atoms with Gasteiger partial charge in [-0.15, -0.1) is 0 Å². The number of rotatable bonds is 4. The van der Waals surface area contributed by atoms with E-state index in [-0.39, 0.29) is 0 Å². The molecule has 2 heterocycles. The SMILES string of the molecule is CC(=Nc1cccc2cccnc12)c1c(O[Si](C)(C)C)cc(C)oc1=O. The number of benzene rings is 1. The molecule has 0 spiro atoms. The van der Waals surface area contributed by atoms with Crippen LogP contribution in [0.5, 0.6) is 5.75 Å². The number of pyridine rings is 1. The molecule has 134 valence electrons. The minimum Gasteiger partial charge on any atom is -0.544 e. The average Bonchev–Trinajstić information content (AvgIpc) is 2.53. The van der Waals surface area contributed by atoms with Gasteiger partial charge in [0.2, 0.25) is 8.32 Å². The first kappa shape index (κ1) is 18.1. The molecule has 26 heavy (non-hydrogen) atoms. The standard InChI is InChI=1S/C20H22N2O3Si/c1-13-12-17(25-26(3,4)5)18(20(23)24-13)14(2)22-16-10-6-8-15-9-7-11-21-19(15)16/h6-12H,1-5H3. The van der Waals surface area contributed by atoms with Crippen molar-refractivity contribution in [2.45, 2.75) is 33.5 Å². The van der Waals surface area contributed by atoms with Crippen LogP contribution in [0.25, 0.3) is 10.9 Å². The molecule has 0 radical (unpaired) electrons. The fourth-order valence-corrected chi connectivity index (χ4v) is 3.56. The number of hydrogen-bond donors (Lipinski definition) is 0. The van der Waals surface area contributed by atoms with Gasteiger partial charge in [0, 0.05) is 17.6 Å². The zero-order valence-corrected chi connectivity index (χ0v) is 16.7. The monoisotopic (exact) mass is 366 g/mol. The molecule has 5 nitrogen and oxygen atoms in total. The Bertz CT molecular complexity index is 1040. The molecule has 1 aromatic carbocycles. The molecule has 6 heteroatoms. The highest BCUT2D eigenvalue weighted by molar-refractivity contribution is 6.70. The van der Waals surface area contributed by atoms with Crippen molar-refractivity contribution < 1.29 is 8.84 Å². The number of nitrogens with zero attached hydrogens (tertiary/aromatic N) is 2. The summed E-state index contributed by atoms with van der Waals surface area (Å²) in [5.74, 6) is 1.05. The zero-order chi connectivity index (χ0) is 18.9. The number of aryl methyl sites for hydroxylation is 1. The van der Waals surface area contributed by atoms with Gasteiger partial charge in [0.05, 0.1) is 16.9 Å². The van der Waals surface area contributed by atoms with Crippen LogP contribution in [0.4, 0.5) is 5.69 Å². The molecular formula is C20H22N2O3Si. The largest absolute Gasteiger partial charge is 0.544 e. The van der Waals surface area contributed by atoms with E-state index in [1.165, 1.54) is 0 Å². The van der Waals surface area contributed by atoms with Gasteiger partial charge in [0.15, 0.2) is 0 Å². The maximum absolute atomic E-state index is 12.5. The molecule has 0 aliphatic heterocycles. The van der Waals surface area contributed by atoms with Gasteiger partial charge in [-0.05, 0) is 45.6 Å². The Balaban J connectivity index is 2.16. The van der Waals surface area contributed by atoms with Crippen LogP contribution in [-0.2, 0) is 0 Å². The van der Waals surface area contributed by atoms with Crippen molar-refractivity contribution >= 4 is 30.6 Å². The summed E-state index contributed by atoms with van der Waals surface area (Å²) >= 11 is 0. The number of para-hydroxylation sites is 1. The van der Waals surface area contributed by atoms with E-state index in [1.807, 2.05) is 30.3 Å². The summed E-state index contributed by atoms with van der Waals surface area (Å²) in [7, 11) is -1.90. The molecule has 0 bridgehead atoms. The van der Waals surface area contributed by atoms with Crippen molar-refractivity contribution in [1.82, 2.24) is 4.98 Å². The first-order valence-corrected chi connectivity index (χ1v) is 11.9. The van der Waals surface area contributed by atoms with E-state index in [4.69, 9.17) is 8.84 Å². The van der Waals surface area contributed by atoms with Gasteiger partial charge in [-0.2, -0.15) is 0 Å². The molecule has 2 aromatic heterocycles. The first-order valence-electron chi connectivity index (χ1n) is 8.48. The molecule has 0 saturated heterocycles. The smallest absolute Gasteiger partial charge is 0.348 e. The summed E-state index contributed by atoms with van der Waals surface area (Å²) in [6, 6.07) is 11.4. The Morgan fingerprint density at radius 3 is 2.65 bits per heavy atom. The molecule has 0 fully saturated rings. The van der Waals surface area contributed by atoms with E-state index in [9.17, 15) is 4.79 Å². The van der Waals surface area contributed by atoms with Crippen molar-refractivity contribution in [3.8, 4) is 5.75 Å². The Morgan fingerprint density at radius 1 is 1.19 bits per heavy atom. The summed E-state index contributed by atoms with van der Waals surface area (Å²) < 4.78 is 11.4. The van der Waals surface area contributed by atoms with E-state index in [2.05, 4.69) is 29.6 Å². The molecule has 3 rings (SSSR count). The van der Waals surface area contributed by atoms with Crippen molar-refractivity contribution in [2.24, 2.45) is 4.99 Å². The minimum atomic E-state index is -1.90. The lowest BCUT2D eigenvalue weighted by molar-refractivity contribution is 0.460. The van der Waals surface area contributed by atoms with Crippen molar-refractivity contribution in [1.29, 1.82) is 0 Å². The number of aromatic nitrogens is 1. The second kappa shape index (κ2) is 6.88. The van der Waals surface area contributed by atoms with Crippen LogP contribution in [0.2, 0.25) is 19.6 Å². The average molecular weight is 366 g/mol. The fourth-order valence-electron chi connectivity index (χ4n) is 2.74. The summed E-state index contributed by atoms with van der Waals surface area (Å²) in [5.41, 5.74) is 1.97. The van der Waals surface area contributed by atoms with Crippen LogP contribution in [0.1, 0.15) is 18.2 Å². The zero-order valence-electron chi connectivity index (χ0n) is 15.7. The fraction of sp³-hybridized carbons (Fsp3) is 0.250. The van der Waals surface area contributed by atoms with Crippen molar-refractivity contribution in [2.75, 3.05) is 0 Å². The van der Waals surface area contributed by atoms with Crippen LogP contribution >= 0.6 is 0 Å². The summed E-state index contributed by atoms with van der Waals surface area (Å²) in [6.45, 7) is 9.75. The van der Waals surface area contributed by atoms with Crippen LogP contribution in [0, 0.1) is 6.92 Å². The third-order valence-electron chi connectivity index (χ3n) is 3.72. The highest BCUT2D eigenvalue weighted by atomic mass is 28.4. The van der Waals surface area contributed by atoms with Gasteiger partial charge >= 0.3 is 5.63 Å². The summed E-state index contributed by atoms with van der Waals surface area (Å²) in [6.07, 6.45) is 1.73. The summed E-state index contributed by atoms with van der Waals surface area (Å²) in [5, 5.41) is 0.996. The van der Waals surface area contributed by atoms with Gasteiger partial charge in [0.25, 0.3) is 0 Å². The third kappa shape index (κ3) is 3.91. The first-order chi connectivity index (χ1) is 12.2. The predicted octanol–water partition coefficient (Wildman–Crippen LogP) is 4.85. The van der Waals surface area contributed by atoms with E-state index >= 15 is 0 Å². The Morgan fingerprint density at radius 2 is 1.92 bits per heavy atom. The topological polar surface area (TPSA) is 64.7 Å². The predicted molar refractivity (Wildman–Crippen MR) is 107 cm³/mol. The number of hydrogen-bond acceptors (Lipinski definition) is 5. The van der Waals surface area contributed by atoms with E-state index in [0.29, 0.717) is 28.5 Å². The third-order valence-corrected chi connectivity index (χ3v) is 4.55. The maximum Gasteiger partial charge on any atom is 0.348 e. The van der Waals surface area contributed by atoms with E-state index in [1.54, 1.807) is 26.1 Å². The molecule has 3 aromatic rings. The molecule has 0 unspecified atom stereocenters. The van der Waals surface area contributed by atoms with Gasteiger partial charge in [-0.25, -0.2) is 4.79 Å². The van der Waals surface area contributed by atoms with Crippen molar-refractivity contribution in [3.63, 3.8) is 0 Å². The summed E-state index contributed by atoms with van der Waals surface area (Å²) in [4.78, 5) is 21.6. The van der Waals surface area contributed by atoms with Gasteiger partial charge in [-0.1, -0.05) is 18.2 Å². The highest BCUT2D eigenvalue weighted by Gasteiger charge is 2.22. The quantitative estimate of drug-likeness (QED) is 0.489. The molecule has 0 saturated carbocycles. The number of aliphatic imine (C=N–C) groups is 1. The van der Waals surface area contributed by atoms with Crippen LogP contribution in [0.3, 0.4) is 0 Å². The Kier molecular flexibility index (Phi) is 4.78. The Hall–Kier alpha value is -2.73. The minimum absolute atomic E-state index is 0.367. The van der Waals surface area contributed by atoms with Gasteiger partial charge in [0.1, 0.15) is 17.1 Å². The van der Waals surface area contributed by atoms with Crippen molar-refractivity contribution in [3.05, 3.63) is 64.3 Å². The second-order valence-corrected chi connectivity index (χ2v) is 11.6. The van der Waals surface area contributed by atoms with E-state index < -0.39 is 13.9 Å². The Labute approximate surface area is 153 Å². The second-order valence-electron chi connectivity index (χ2n) is 7.15. The van der Waals surface area contributed by atoms with Gasteiger partial charge in [-0.3, -0.25) is 9.98 Å². The van der Waals surface area contributed by atoms with Gasteiger partial charge < -0.3 is 8.84 Å².